The number of carbonyl (C=O) groups is 4. The van der Waals surface area contributed by atoms with Crippen molar-refractivity contribution < 1.29 is 43.2 Å². The first kappa shape index (κ1) is 26.1. The van der Waals surface area contributed by atoms with Gasteiger partial charge in [0.05, 0.1) is 5.57 Å². The van der Waals surface area contributed by atoms with Gasteiger partial charge in [-0.1, -0.05) is 26.8 Å². The molecular formula is C23H31NO9. The van der Waals surface area contributed by atoms with Crippen LogP contribution in [0.2, 0.25) is 0 Å². The average Bonchev–Trinajstić information content (AvgIpc) is 3.09. The van der Waals surface area contributed by atoms with Crippen LogP contribution >= 0.6 is 0 Å². The van der Waals surface area contributed by atoms with Crippen LogP contribution in [-0.2, 0) is 38.1 Å². The molecule has 1 saturated heterocycles. The van der Waals surface area contributed by atoms with Crippen molar-refractivity contribution in [3.63, 3.8) is 0 Å². The van der Waals surface area contributed by atoms with Gasteiger partial charge in [-0.3, -0.25) is 4.79 Å². The van der Waals surface area contributed by atoms with Crippen molar-refractivity contribution >= 4 is 23.9 Å². The Morgan fingerprint density at radius 3 is 2.48 bits per heavy atom. The fourth-order valence-electron chi connectivity index (χ4n) is 3.53. The molecule has 1 N–H and O–H groups in total. The predicted molar refractivity (Wildman–Crippen MR) is 115 cm³/mol. The highest BCUT2D eigenvalue weighted by Crippen LogP contribution is 2.33. The van der Waals surface area contributed by atoms with Gasteiger partial charge in [0.15, 0.2) is 12.3 Å². The topological polar surface area (TPSA) is 129 Å². The molecule has 0 aliphatic carbocycles. The first-order chi connectivity index (χ1) is 15.7. The maximum atomic E-state index is 12.0. The van der Waals surface area contributed by atoms with Crippen molar-refractivity contribution in [3.05, 3.63) is 36.2 Å². The number of carboxylic acid groups (broad SMARTS) is 1. The molecule has 0 bridgehead atoms. The van der Waals surface area contributed by atoms with Gasteiger partial charge in [0.2, 0.25) is 0 Å². The molecule has 2 heterocycles. The van der Waals surface area contributed by atoms with E-state index >= 15 is 0 Å². The van der Waals surface area contributed by atoms with Gasteiger partial charge in [-0.15, -0.1) is 0 Å². The SMILES string of the molecule is CCC(CC)OC(=O)/C=C/C(=O)OC[C@H]1O[C@@H](N2C=CCC(C(=O)O)=C2)C(OC(C)=O)[C@@H]1C. The molecule has 4 atom stereocenters. The van der Waals surface area contributed by atoms with Crippen LogP contribution in [0.5, 0.6) is 0 Å². The van der Waals surface area contributed by atoms with Crippen LogP contribution in [0.15, 0.2) is 36.2 Å². The monoisotopic (exact) mass is 465 g/mol. The highest BCUT2D eigenvalue weighted by Gasteiger charge is 2.47. The first-order valence-electron chi connectivity index (χ1n) is 10.9. The van der Waals surface area contributed by atoms with Crippen LogP contribution in [0.3, 0.4) is 0 Å². The fraction of sp³-hybridized carbons (Fsp3) is 0.565. The van der Waals surface area contributed by atoms with E-state index in [-0.39, 0.29) is 30.6 Å². The number of esters is 3. The molecule has 0 aromatic rings. The number of ether oxygens (including phenoxy) is 4. The molecule has 2 rings (SSSR count). The summed E-state index contributed by atoms with van der Waals surface area (Å²) in [5, 5.41) is 9.27. The highest BCUT2D eigenvalue weighted by atomic mass is 16.6. The number of hydrogen-bond acceptors (Lipinski definition) is 9. The zero-order valence-corrected chi connectivity index (χ0v) is 19.3. The summed E-state index contributed by atoms with van der Waals surface area (Å²) in [4.78, 5) is 48.3. The van der Waals surface area contributed by atoms with E-state index in [1.165, 1.54) is 18.0 Å². The predicted octanol–water partition coefficient (Wildman–Crippen LogP) is 2.30. The molecule has 10 heteroatoms. The molecule has 182 valence electrons. The van der Waals surface area contributed by atoms with Gasteiger partial charge in [0, 0.05) is 43.8 Å². The number of allylic oxidation sites excluding steroid dienone is 1. The Morgan fingerprint density at radius 1 is 1.21 bits per heavy atom. The largest absolute Gasteiger partial charge is 0.478 e. The van der Waals surface area contributed by atoms with Crippen LogP contribution in [-0.4, -0.2) is 65.0 Å². The zero-order chi connectivity index (χ0) is 24.5. The molecule has 0 aromatic carbocycles. The third-order valence-electron chi connectivity index (χ3n) is 5.43. The summed E-state index contributed by atoms with van der Waals surface area (Å²) >= 11 is 0. The molecule has 1 unspecified atom stereocenters. The number of nitrogens with zero attached hydrogens (tertiary/aromatic N) is 1. The van der Waals surface area contributed by atoms with E-state index in [1.807, 2.05) is 13.8 Å². The van der Waals surface area contributed by atoms with Crippen molar-refractivity contribution in [2.24, 2.45) is 5.92 Å². The number of aliphatic carboxylic acids is 1. The normalized spacial score (nSPS) is 24.6. The van der Waals surface area contributed by atoms with Crippen molar-refractivity contribution in [2.75, 3.05) is 6.61 Å². The van der Waals surface area contributed by atoms with Crippen molar-refractivity contribution in [2.45, 2.75) is 71.5 Å². The Labute approximate surface area is 192 Å². The molecule has 0 aromatic heterocycles. The second-order valence-corrected chi connectivity index (χ2v) is 7.83. The summed E-state index contributed by atoms with van der Waals surface area (Å²) in [5.41, 5.74) is 0.163. The standard InChI is InChI=1S/C23H31NO9/c1-5-17(6-2)32-20(27)10-9-19(26)30-13-18-14(3)21(31-15(4)25)22(33-18)24-11-7-8-16(12-24)23(28)29/h7,9-12,14,17-18,21-22H,5-6,8,13H2,1-4H3,(H,28,29)/b10-9+/t14-,18-,21?,22-/m1/s1. The van der Waals surface area contributed by atoms with E-state index in [0.29, 0.717) is 12.8 Å². The fourth-order valence-corrected chi connectivity index (χ4v) is 3.53. The Morgan fingerprint density at radius 2 is 1.88 bits per heavy atom. The number of rotatable bonds is 10. The van der Waals surface area contributed by atoms with E-state index in [1.54, 1.807) is 19.2 Å². The van der Waals surface area contributed by atoms with Gasteiger partial charge < -0.3 is 29.0 Å². The lowest BCUT2D eigenvalue weighted by atomic mass is 10.00. The molecule has 33 heavy (non-hydrogen) atoms. The van der Waals surface area contributed by atoms with Crippen molar-refractivity contribution in [3.8, 4) is 0 Å². The van der Waals surface area contributed by atoms with Gasteiger partial charge >= 0.3 is 23.9 Å². The van der Waals surface area contributed by atoms with E-state index in [9.17, 15) is 24.3 Å². The second-order valence-electron chi connectivity index (χ2n) is 7.83. The summed E-state index contributed by atoms with van der Waals surface area (Å²) in [6.45, 7) is 6.71. The maximum absolute atomic E-state index is 12.0. The molecule has 2 aliphatic heterocycles. The lowest BCUT2D eigenvalue weighted by molar-refractivity contribution is -0.155. The molecule has 0 radical (unpaired) electrons. The van der Waals surface area contributed by atoms with Crippen LogP contribution in [0.1, 0.15) is 47.0 Å². The minimum absolute atomic E-state index is 0.146. The second kappa shape index (κ2) is 12.2. The Balaban J connectivity index is 2.00. The van der Waals surface area contributed by atoms with Crippen LogP contribution < -0.4 is 0 Å². The average molecular weight is 465 g/mol. The summed E-state index contributed by atoms with van der Waals surface area (Å²) in [7, 11) is 0. The van der Waals surface area contributed by atoms with Gasteiger partial charge in [0.1, 0.15) is 18.8 Å². The lowest BCUT2D eigenvalue weighted by Gasteiger charge is -2.30. The van der Waals surface area contributed by atoms with Gasteiger partial charge in [-0.25, -0.2) is 14.4 Å². The Bertz CT molecular complexity index is 828. The highest BCUT2D eigenvalue weighted by molar-refractivity contribution is 5.91. The van der Waals surface area contributed by atoms with E-state index in [4.69, 9.17) is 18.9 Å². The molecule has 1 fully saturated rings. The zero-order valence-electron chi connectivity index (χ0n) is 19.3. The van der Waals surface area contributed by atoms with E-state index in [2.05, 4.69) is 0 Å². The molecule has 0 amide bonds. The number of hydrogen-bond donors (Lipinski definition) is 1. The minimum Gasteiger partial charge on any atom is -0.478 e. The third-order valence-corrected chi connectivity index (χ3v) is 5.43. The molecule has 0 spiro atoms. The molecular weight excluding hydrogens is 434 g/mol. The Hall–Kier alpha value is -3.14. The molecule has 2 aliphatic rings. The van der Waals surface area contributed by atoms with Gasteiger partial charge in [0.25, 0.3) is 0 Å². The number of carbonyl (C=O) groups excluding carboxylic acids is 3. The lowest BCUT2D eigenvalue weighted by Crippen LogP contribution is -2.40. The van der Waals surface area contributed by atoms with Gasteiger partial charge in [-0.05, 0) is 12.8 Å². The summed E-state index contributed by atoms with van der Waals surface area (Å²) in [5.74, 6) is -3.29. The van der Waals surface area contributed by atoms with Crippen LogP contribution in [0, 0.1) is 5.92 Å². The van der Waals surface area contributed by atoms with Crippen LogP contribution in [0.4, 0.5) is 0 Å². The maximum Gasteiger partial charge on any atom is 0.333 e. The smallest absolute Gasteiger partial charge is 0.333 e. The molecule has 0 saturated carbocycles. The quantitative estimate of drug-likeness (QED) is 0.291. The Kier molecular flexibility index (Phi) is 9.65. The van der Waals surface area contributed by atoms with Crippen molar-refractivity contribution in [1.82, 2.24) is 4.90 Å². The summed E-state index contributed by atoms with van der Waals surface area (Å²) < 4.78 is 21.8. The summed E-state index contributed by atoms with van der Waals surface area (Å²) in [6.07, 6.45) is 6.04. The van der Waals surface area contributed by atoms with E-state index < -0.39 is 42.3 Å². The van der Waals surface area contributed by atoms with Crippen LogP contribution in [0.25, 0.3) is 0 Å². The summed E-state index contributed by atoms with van der Waals surface area (Å²) in [6, 6.07) is 0. The third kappa shape index (κ3) is 7.45. The van der Waals surface area contributed by atoms with Crippen molar-refractivity contribution in [1.29, 1.82) is 0 Å². The minimum atomic E-state index is -1.06. The van der Waals surface area contributed by atoms with Gasteiger partial charge in [-0.2, -0.15) is 0 Å². The first-order valence-corrected chi connectivity index (χ1v) is 10.9. The van der Waals surface area contributed by atoms with E-state index in [0.717, 1.165) is 12.2 Å². The molecule has 10 nitrogen and oxygen atoms in total. The number of carboxylic acids is 1.